The van der Waals surface area contributed by atoms with Crippen LogP contribution in [-0.2, 0) is 9.53 Å². The maximum absolute atomic E-state index is 11.7. The highest BCUT2D eigenvalue weighted by molar-refractivity contribution is 6.83. The number of carbonyl (C=O) groups excluding carboxylic acids is 1. The Morgan fingerprint density at radius 2 is 2.14 bits per heavy atom. The van der Waals surface area contributed by atoms with E-state index in [1.54, 1.807) is 6.08 Å². The first-order valence-electron chi connectivity index (χ1n) is 7.64. The Kier molecular flexibility index (Phi) is 7.25. The zero-order chi connectivity index (χ0) is 15.7. The third kappa shape index (κ3) is 9.09. The molecule has 3 heteroatoms. The maximum Gasteiger partial charge on any atom is 0.331 e. The maximum atomic E-state index is 11.7. The average Bonchev–Trinajstić information content (AvgIpc) is 2.41. The fourth-order valence-electron chi connectivity index (χ4n) is 1.89. The van der Waals surface area contributed by atoms with E-state index in [0.29, 0.717) is 0 Å². The topological polar surface area (TPSA) is 26.3 Å². The minimum Gasteiger partial charge on any atom is -0.455 e. The minimum absolute atomic E-state index is 0.251. The van der Waals surface area contributed by atoms with E-state index >= 15 is 0 Å². The predicted octanol–water partition coefficient (Wildman–Crippen LogP) is 4.41. The van der Waals surface area contributed by atoms with Crippen LogP contribution >= 0.6 is 0 Å². The second-order valence-electron chi connectivity index (χ2n) is 6.38. The molecule has 2 nitrogen and oxygen atoms in total. The van der Waals surface area contributed by atoms with Crippen molar-refractivity contribution in [3.8, 4) is 11.5 Å². The predicted molar refractivity (Wildman–Crippen MR) is 91.5 cm³/mol. The highest BCUT2D eigenvalue weighted by atomic mass is 28.3. The molecule has 0 aromatic rings. The van der Waals surface area contributed by atoms with Crippen molar-refractivity contribution in [2.75, 3.05) is 0 Å². The molecule has 1 aliphatic carbocycles. The van der Waals surface area contributed by atoms with Crippen LogP contribution in [0, 0.1) is 11.5 Å². The van der Waals surface area contributed by atoms with Gasteiger partial charge in [-0.2, -0.15) is 0 Å². The van der Waals surface area contributed by atoms with Gasteiger partial charge in [-0.3, -0.25) is 0 Å². The van der Waals surface area contributed by atoms with Gasteiger partial charge >= 0.3 is 5.97 Å². The molecule has 0 radical (unpaired) electrons. The summed E-state index contributed by atoms with van der Waals surface area (Å²) in [6, 6.07) is 0. The summed E-state index contributed by atoms with van der Waals surface area (Å²) < 4.78 is 5.28. The number of ether oxygens (including phenoxy) is 1. The van der Waals surface area contributed by atoms with Crippen molar-refractivity contribution in [2.24, 2.45) is 0 Å². The van der Waals surface area contributed by atoms with Gasteiger partial charge < -0.3 is 4.74 Å². The normalized spacial score (nSPS) is 17.2. The highest BCUT2D eigenvalue weighted by Gasteiger charge is 2.07. The molecule has 0 bridgehead atoms. The van der Waals surface area contributed by atoms with Gasteiger partial charge in [-0.1, -0.05) is 43.3 Å². The Labute approximate surface area is 130 Å². The van der Waals surface area contributed by atoms with Crippen LogP contribution in [0.25, 0.3) is 0 Å². The molecule has 0 N–H and O–H groups in total. The summed E-state index contributed by atoms with van der Waals surface area (Å²) in [4.78, 5) is 11.7. The summed E-state index contributed by atoms with van der Waals surface area (Å²) in [5.41, 5.74) is 4.48. The summed E-state index contributed by atoms with van der Waals surface area (Å²) in [5.74, 6) is 2.73. The van der Waals surface area contributed by atoms with Crippen LogP contribution in [0.15, 0.2) is 36.0 Å². The third-order valence-corrected chi connectivity index (χ3v) is 3.85. The number of allylic oxidation sites excluding steroid dienone is 4. The lowest BCUT2D eigenvalue weighted by Gasteiger charge is -2.09. The fourth-order valence-corrected chi connectivity index (χ4v) is 2.41. The Balaban J connectivity index is 2.39. The Morgan fingerprint density at radius 3 is 2.76 bits per heavy atom. The summed E-state index contributed by atoms with van der Waals surface area (Å²) in [5, 5.41) is 0. The smallest absolute Gasteiger partial charge is 0.331 e. The van der Waals surface area contributed by atoms with Crippen LogP contribution < -0.4 is 0 Å². The molecule has 114 valence electrons. The van der Waals surface area contributed by atoms with E-state index in [1.807, 2.05) is 19.1 Å². The first kappa shape index (κ1) is 17.5. The van der Waals surface area contributed by atoms with Crippen molar-refractivity contribution in [3.63, 3.8) is 0 Å². The number of hydrogen-bond donors (Lipinski definition) is 0. The highest BCUT2D eigenvalue weighted by Crippen LogP contribution is 2.18. The van der Waals surface area contributed by atoms with Gasteiger partial charge in [-0.05, 0) is 44.8 Å². The largest absolute Gasteiger partial charge is 0.455 e. The number of esters is 1. The van der Waals surface area contributed by atoms with Crippen LogP contribution in [0.4, 0.5) is 0 Å². The minimum atomic E-state index is -1.33. The number of rotatable bonds is 4. The van der Waals surface area contributed by atoms with Crippen LogP contribution in [0.1, 0.15) is 32.6 Å². The molecule has 1 unspecified atom stereocenters. The third-order valence-electron chi connectivity index (χ3n) is 2.96. The van der Waals surface area contributed by atoms with Gasteiger partial charge in [0.05, 0.1) is 0 Å². The summed E-state index contributed by atoms with van der Waals surface area (Å²) in [7, 11) is -1.33. The SMILES string of the molecule is CC(/C=C\C#C[Si](C)(C)C)OC(=O)/C=C/C1=CCCCC1. The molecular formula is C18H26O2Si. The van der Waals surface area contributed by atoms with Gasteiger partial charge in [0.1, 0.15) is 14.2 Å². The molecule has 21 heavy (non-hydrogen) atoms. The molecule has 0 aliphatic heterocycles. The van der Waals surface area contributed by atoms with Crippen LogP contribution in [0.5, 0.6) is 0 Å². The van der Waals surface area contributed by atoms with Crippen LogP contribution in [0.3, 0.4) is 0 Å². The van der Waals surface area contributed by atoms with E-state index in [1.165, 1.54) is 24.5 Å². The second kappa shape index (κ2) is 8.69. The standard InChI is InChI=1S/C18H26O2Si/c1-16(10-8-9-15-21(2,3)4)20-18(19)14-13-17-11-6-5-7-12-17/h8,10-11,13-14,16H,5-7,12H2,1-4H3/b10-8-,14-13+. The molecule has 1 rings (SSSR count). The Bertz CT molecular complexity index is 496. The van der Waals surface area contributed by atoms with E-state index in [0.717, 1.165) is 12.8 Å². The van der Waals surface area contributed by atoms with Crippen LogP contribution in [0.2, 0.25) is 19.6 Å². The first-order valence-corrected chi connectivity index (χ1v) is 11.1. The summed E-state index contributed by atoms with van der Waals surface area (Å²) in [6.07, 6.45) is 13.6. The molecular weight excluding hydrogens is 276 g/mol. The molecule has 1 atom stereocenters. The fraction of sp³-hybridized carbons (Fsp3) is 0.500. The lowest BCUT2D eigenvalue weighted by atomic mass is 9.99. The monoisotopic (exact) mass is 302 g/mol. The number of carbonyl (C=O) groups is 1. The molecule has 0 saturated carbocycles. The van der Waals surface area contributed by atoms with Gasteiger partial charge in [0, 0.05) is 6.08 Å². The van der Waals surface area contributed by atoms with Crippen LogP contribution in [-0.4, -0.2) is 20.1 Å². The molecule has 0 aromatic heterocycles. The molecule has 0 aromatic carbocycles. The van der Waals surface area contributed by atoms with Crippen molar-refractivity contribution < 1.29 is 9.53 Å². The molecule has 0 amide bonds. The van der Waals surface area contributed by atoms with E-state index in [9.17, 15) is 4.79 Å². The zero-order valence-corrected chi connectivity index (χ0v) is 14.6. The summed E-state index contributed by atoms with van der Waals surface area (Å²) in [6.45, 7) is 8.43. The van der Waals surface area contributed by atoms with Crippen molar-refractivity contribution in [1.29, 1.82) is 0 Å². The average molecular weight is 302 g/mol. The molecule has 0 heterocycles. The van der Waals surface area contributed by atoms with Gasteiger partial charge in [0.2, 0.25) is 0 Å². The second-order valence-corrected chi connectivity index (χ2v) is 11.1. The van der Waals surface area contributed by atoms with E-state index in [2.05, 4.69) is 37.2 Å². The van der Waals surface area contributed by atoms with Crippen molar-refractivity contribution in [2.45, 2.75) is 58.4 Å². The lowest BCUT2D eigenvalue weighted by molar-refractivity contribution is -0.140. The van der Waals surface area contributed by atoms with E-state index in [4.69, 9.17) is 4.74 Å². The molecule has 0 spiro atoms. The van der Waals surface area contributed by atoms with Gasteiger partial charge in [-0.25, -0.2) is 4.79 Å². The van der Waals surface area contributed by atoms with Crippen molar-refractivity contribution >= 4 is 14.0 Å². The van der Waals surface area contributed by atoms with E-state index < -0.39 is 8.07 Å². The molecule has 0 fully saturated rings. The molecule has 1 aliphatic rings. The van der Waals surface area contributed by atoms with Crippen molar-refractivity contribution in [3.05, 3.63) is 36.0 Å². The van der Waals surface area contributed by atoms with Gasteiger partial charge in [0.25, 0.3) is 0 Å². The lowest BCUT2D eigenvalue weighted by Crippen LogP contribution is -2.16. The zero-order valence-electron chi connectivity index (χ0n) is 13.6. The number of hydrogen-bond acceptors (Lipinski definition) is 2. The quantitative estimate of drug-likeness (QED) is 0.333. The van der Waals surface area contributed by atoms with Gasteiger partial charge in [-0.15, -0.1) is 5.54 Å². The van der Waals surface area contributed by atoms with Gasteiger partial charge in [0.15, 0.2) is 0 Å². The van der Waals surface area contributed by atoms with Crippen molar-refractivity contribution in [1.82, 2.24) is 0 Å². The molecule has 0 saturated heterocycles. The first-order chi connectivity index (χ1) is 9.87. The summed E-state index contributed by atoms with van der Waals surface area (Å²) >= 11 is 0. The Hall–Kier alpha value is -1.53. The van der Waals surface area contributed by atoms with E-state index in [-0.39, 0.29) is 12.1 Å². The Morgan fingerprint density at radius 1 is 1.38 bits per heavy atom.